The van der Waals surface area contributed by atoms with E-state index >= 15 is 0 Å². The average Bonchev–Trinajstić information content (AvgIpc) is 2.56. The third-order valence-corrected chi connectivity index (χ3v) is 3.15. The van der Waals surface area contributed by atoms with Gasteiger partial charge in [-0.05, 0) is 31.0 Å². The Balaban J connectivity index is 1.91. The lowest BCUT2D eigenvalue weighted by molar-refractivity contribution is -0.123. The molecule has 4 nitrogen and oxygen atoms in total. The molecule has 0 aliphatic carbocycles. The molecule has 0 spiro atoms. The lowest BCUT2D eigenvalue weighted by Crippen LogP contribution is -2.26. The summed E-state index contributed by atoms with van der Waals surface area (Å²) in [6.07, 6.45) is 0.739. The van der Waals surface area contributed by atoms with Crippen molar-refractivity contribution in [3.8, 4) is 5.75 Å². The van der Waals surface area contributed by atoms with Gasteiger partial charge in [0, 0.05) is 0 Å². The Hall–Kier alpha value is -2.62. The Labute approximate surface area is 130 Å². The molecular weight excluding hydrogens is 276 g/mol. The number of aryl methyl sites for hydroxylation is 1. The standard InChI is InChI=1S/C18H20N2O2/c1-3-17(15-11-9-14(2)10-12-15)19-20-18(21)13-22-16-7-5-4-6-8-16/h4-12H,3,13H2,1-2H3,(H,20,21). The fraction of sp³-hybridized carbons (Fsp3) is 0.222. The normalized spacial score (nSPS) is 11.1. The number of carbonyl (C=O) groups is 1. The van der Waals surface area contributed by atoms with Crippen molar-refractivity contribution in [2.24, 2.45) is 5.10 Å². The van der Waals surface area contributed by atoms with Crippen molar-refractivity contribution in [1.29, 1.82) is 0 Å². The van der Waals surface area contributed by atoms with Crippen molar-refractivity contribution < 1.29 is 9.53 Å². The molecule has 1 amide bonds. The maximum atomic E-state index is 11.8. The number of benzene rings is 2. The van der Waals surface area contributed by atoms with Gasteiger partial charge in [0.05, 0.1) is 5.71 Å². The molecule has 0 aliphatic heterocycles. The predicted molar refractivity (Wildman–Crippen MR) is 88.1 cm³/mol. The zero-order valence-corrected chi connectivity index (χ0v) is 12.9. The molecule has 4 heteroatoms. The molecule has 0 aliphatic rings. The number of nitrogens with one attached hydrogen (secondary N) is 1. The van der Waals surface area contributed by atoms with Crippen LogP contribution in [0.5, 0.6) is 5.75 Å². The second-order valence-electron chi connectivity index (χ2n) is 4.91. The summed E-state index contributed by atoms with van der Waals surface area (Å²) < 4.78 is 5.37. The molecule has 2 aromatic rings. The summed E-state index contributed by atoms with van der Waals surface area (Å²) in [6, 6.07) is 17.3. The van der Waals surface area contributed by atoms with Crippen LogP contribution in [-0.4, -0.2) is 18.2 Å². The van der Waals surface area contributed by atoms with Gasteiger partial charge < -0.3 is 4.74 Å². The smallest absolute Gasteiger partial charge is 0.277 e. The minimum Gasteiger partial charge on any atom is -0.484 e. The Morgan fingerprint density at radius 2 is 1.77 bits per heavy atom. The largest absolute Gasteiger partial charge is 0.484 e. The highest BCUT2D eigenvalue weighted by Gasteiger charge is 2.04. The van der Waals surface area contributed by atoms with Gasteiger partial charge in [0.1, 0.15) is 5.75 Å². The van der Waals surface area contributed by atoms with Crippen molar-refractivity contribution in [2.75, 3.05) is 6.61 Å². The van der Waals surface area contributed by atoms with Crippen molar-refractivity contribution in [1.82, 2.24) is 5.43 Å². The number of hydrogen-bond donors (Lipinski definition) is 1. The van der Waals surface area contributed by atoms with Gasteiger partial charge in [-0.15, -0.1) is 0 Å². The number of para-hydroxylation sites is 1. The highest BCUT2D eigenvalue weighted by atomic mass is 16.5. The van der Waals surface area contributed by atoms with Crippen molar-refractivity contribution in [2.45, 2.75) is 20.3 Å². The quantitative estimate of drug-likeness (QED) is 0.657. The fourth-order valence-corrected chi connectivity index (χ4v) is 1.92. The maximum absolute atomic E-state index is 11.8. The van der Waals surface area contributed by atoms with E-state index in [9.17, 15) is 4.79 Å². The van der Waals surface area contributed by atoms with Crippen LogP contribution in [0.1, 0.15) is 24.5 Å². The van der Waals surface area contributed by atoms with Crippen molar-refractivity contribution in [3.63, 3.8) is 0 Å². The molecule has 2 aromatic carbocycles. The highest BCUT2D eigenvalue weighted by Crippen LogP contribution is 2.08. The molecule has 0 saturated carbocycles. The van der Waals surface area contributed by atoms with Crippen LogP contribution in [0.4, 0.5) is 0 Å². The van der Waals surface area contributed by atoms with Crippen LogP contribution in [0, 0.1) is 6.92 Å². The number of rotatable bonds is 6. The molecule has 0 bridgehead atoms. The van der Waals surface area contributed by atoms with Crippen LogP contribution in [0.2, 0.25) is 0 Å². The van der Waals surface area contributed by atoms with Crippen LogP contribution >= 0.6 is 0 Å². The first-order valence-corrected chi connectivity index (χ1v) is 7.29. The molecule has 0 atom stereocenters. The second-order valence-corrected chi connectivity index (χ2v) is 4.91. The topological polar surface area (TPSA) is 50.7 Å². The van der Waals surface area contributed by atoms with Gasteiger partial charge in [-0.1, -0.05) is 55.0 Å². The number of amides is 1. The van der Waals surface area contributed by atoms with E-state index in [2.05, 4.69) is 10.5 Å². The molecule has 22 heavy (non-hydrogen) atoms. The van der Waals surface area contributed by atoms with Gasteiger partial charge in [-0.25, -0.2) is 5.43 Å². The second kappa shape index (κ2) is 7.98. The van der Waals surface area contributed by atoms with E-state index in [1.54, 1.807) is 12.1 Å². The van der Waals surface area contributed by atoms with Crippen LogP contribution in [0.15, 0.2) is 59.7 Å². The first kappa shape index (κ1) is 15.8. The third kappa shape index (κ3) is 4.74. The zero-order chi connectivity index (χ0) is 15.8. The minimum absolute atomic E-state index is 0.0571. The first-order chi connectivity index (χ1) is 10.7. The third-order valence-electron chi connectivity index (χ3n) is 3.15. The summed E-state index contributed by atoms with van der Waals surface area (Å²) in [5, 5.41) is 4.19. The molecule has 0 unspecified atom stereocenters. The Kier molecular flexibility index (Phi) is 5.72. The van der Waals surface area contributed by atoms with Gasteiger partial charge in [-0.2, -0.15) is 5.10 Å². The molecule has 0 fully saturated rings. The summed E-state index contributed by atoms with van der Waals surface area (Å²) in [4.78, 5) is 11.8. The van der Waals surface area contributed by atoms with Crippen molar-refractivity contribution in [3.05, 3.63) is 65.7 Å². The first-order valence-electron chi connectivity index (χ1n) is 7.29. The van der Waals surface area contributed by atoms with Crippen LogP contribution < -0.4 is 10.2 Å². The number of ether oxygens (including phenoxy) is 1. The maximum Gasteiger partial charge on any atom is 0.277 e. The Bertz CT molecular complexity index is 634. The van der Waals surface area contributed by atoms with Crippen LogP contribution in [-0.2, 0) is 4.79 Å². The van der Waals surface area contributed by atoms with Crippen molar-refractivity contribution >= 4 is 11.6 Å². The number of hydrogen-bond acceptors (Lipinski definition) is 3. The van der Waals surface area contributed by atoms with Gasteiger partial charge in [-0.3, -0.25) is 4.79 Å². The monoisotopic (exact) mass is 296 g/mol. The summed E-state index contributed by atoms with van der Waals surface area (Å²) in [6.45, 7) is 3.99. The van der Waals surface area contributed by atoms with E-state index in [4.69, 9.17) is 4.74 Å². The number of hydrazone groups is 1. The van der Waals surface area contributed by atoms with E-state index in [0.29, 0.717) is 5.75 Å². The molecule has 0 aromatic heterocycles. The van der Waals surface area contributed by atoms with Gasteiger partial charge in [0.2, 0.25) is 0 Å². The molecule has 2 rings (SSSR count). The van der Waals surface area contributed by atoms with E-state index in [1.807, 2.05) is 56.3 Å². The molecular formula is C18H20N2O2. The Morgan fingerprint density at radius 3 is 2.41 bits per heavy atom. The SMILES string of the molecule is CCC(=NNC(=O)COc1ccccc1)c1ccc(C)cc1. The van der Waals surface area contributed by atoms with Crippen LogP contribution in [0.3, 0.4) is 0 Å². The molecule has 0 saturated heterocycles. The number of nitrogens with zero attached hydrogens (tertiary/aromatic N) is 1. The summed E-state index contributed by atoms with van der Waals surface area (Å²) in [5.41, 5.74) is 5.59. The fourth-order valence-electron chi connectivity index (χ4n) is 1.92. The lowest BCUT2D eigenvalue weighted by Gasteiger charge is -2.07. The summed E-state index contributed by atoms with van der Waals surface area (Å²) in [5.74, 6) is 0.387. The molecule has 0 radical (unpaired) electrons. The van der Waals surface area contributed by atoms with E-state index in [1.165, 1.54) is 5.56 Å². The van der Waals surface area contributed by atoms with E-state index < -0.39 is 0 Å². The average molecular weight is 296 g/mol. The molecule has 114 valence electrons. The van der Waals surface area contributed by atoms with Gasteiger partial charge in [0.15, 0.2) is 6.61 Å². The summed E-state index contributed by atoms with van der Waals surface area (Å²) >= 11 is 0. The van der Waals surface area contributed by atoms with Crippen LogP contribution in [0.25, 0.3) is 0 Å². The minimum atomic E-state index is -0.276. The zero-order valence-electron chi connectivity index (χ0n) is 12.9. The highest BCUT2D eigenvalue weighted by molar-refractivity contribution is 6.00. The number of carbonyl (C=O) groups excluding carboxylic acids is 1. The lowest BCUT2D eigenvalue weighted by atomic mass is 10.1. The van der Waals surface area contributed by atoms with Gasteiger partial charge in [0.25, 0.3) is 5.91 Å². The molecule has 0 heterocycles. The van der Waals surface area contributed by atoms with E-state index in [0.717, 1.165) is 17.7 Å². The molecule has 1 N–H and O–H groups in total. The predicted octanol–water partition coefficient (Wildman–Crippen LogP) is 3.30. The van der Waals surface area contributed by atoms with Gasteiger partial charge >= 0.3 is 0 Å². The Morgan fingerprint density at radius 1 is 1.09 bits per heavy atom. The summed E-state index contributed by atoms with van der Waals surface area (Å²) in [7, 11) is 0. The van der Waals surface area contributed by atoms with E-state index in [-0.39, 0.29) is 12.5 Å².